The van der Waals surface area contributed by atoms with Gasteiger partial charge < -0.3 is 14.1 Å². The number of likely N-dealkylation sites (N-methyl/N-ethyl adjacent to an activating group) is 1. The Kier molecular flexibility index (Phi) is 4.53. The van der Waals surface area contributed by atoms with Crippen molar-refractivity contribution in [1.82, 2.24) is 4.90 Å². The molecule has 0 radical (unpaired) electrons. The van der Waals surface area contributed by atoms with Gasteiger partial charge in [0.2, 0.25) is 0 Å². The smallest absolute Gasteiger partial charge is 0.289 e. The Hall–Kier alpha value is -2.46. The second-order valence-corrected chi connectivity index (χ2v) is 5.61. The number of hydrogen-bond acceptors (Lipinski definition) is 3. The highest BCUT2D eigenvalue weighted by molar-refractivity contribution is 6.30. The predicted molar refractivity (Wildman–Crippen MR) is 90.1 cm³/mol. The van der Waals surface area contributed by atoms with Gasteiger partial charge in [0, 0.05) is 17.5 Å². The average molecular weight is 330 g/mol. The Balaban J connectivity index is 1.57. The molecule has 0 spiro atoms. The van der Waals surface area contributed by atoms with Crippen LogP contribution in [0.3, 0.4) is 0 Å². The molecule has 0 aliphatic heterocycles. The molecule has 1 aromatic heterocycles. The largest absolute Gasteiger partial charge is 0.492 e. The molecule has 3 rings (SSSR count). The molecule has 0 aliphatic rings. The van der Waals surface area contributed by atoms with Gasteiger partial charge in [-0.3, -0.25) is 4.79 Å². The van der Waals surface area contributed by atoms with Crippen LogP contribution in [-0.4, -0.2) is 31.0 Å². The summed E-state index contributed by atoms with van der Waals surface area (Å²) in [6.07, 6.45) is 0. The lowest BCUT2D eigenvalue weighted by Gasteiger charge is -2.16. The SMILES string of the molecule is CN(CCOc1ccc(Cl)cc1)C(=O)c1cc2ccccc2o1. The van der Waals surface area contributed by atoms with Crippen molar-refractivity contribution in [1.29, 1.82) is 0 Å². The highest BCUT2D eigenvalue weighted by atomic mass is 35.5. The van der Waals surface area contributed by atoms with E-state index in [1.807, 2.05) is 24.3 Å². The standard InChI is InChI=1S/C18H16ClNO3/c1-20(10-11-22-15-8-6-14(19)7-9-15)18(21)17-12-13-4-2-3-5-16(13)23-17/h2-9,12H,10-11H2,1H3. The molecule has 1 amide bonds. The van der Waals surface area contributed by atoms with Crippen molar-refractivity contribution in [3.05, 3.63) is 65.4 Å². The van der Waals surface area contributed by atoms with Crippen LogP contribution in [0, 0.1) is 0 Å². The molecule has 0 saturated heterocycles. The number of nitrogens with zero attached hydrogens (tertiary/aromatic N) is 1. The molecule has 118 valence electrons. The van der Waals surface area contributed by atoms with Gasteiger partial charge >= 0.3 is 0 Å². The number of carbonyl (C=O) groups is 1. The highest BCUT2D eigenvalue weighted by Crippen LogP contribution is 2.20. The van der Waals surface area contributed by atoms with E-state index >= 15 is 0 Å². The molecular formula is C18H16ClNO3. The average Bonchev–Trinajstić information content (AvgIpc) is 3.00. The van der Waals surface area contributed by atoms with Crippen molar-refractivity contribution in [2.75, 3.05) is 20.2 Å². The van der Waals surface area contributed by atoms with Crippen molar-refractivity contribution in [3.8, 4) is 5.75 Å². The summed E-state index contributed by atoms with van der Waals surface area (Å²) in [4.78, 5) is 13.9. The Labute approximate surface area is 139 Å². The van der Waals surface area contributed by atoms with E-state index in [1.165, 1.54) is 0 Å². The van der Waals surface area contributed by atoms with E-state index in [0.717, 1.165) is 11.1 Å². The normalized spacial score (nSPS) is 10.7. The van der Waals surface area contributed by atoms with Gasteiger partial charge in [0.15, 0.2) is 5.76 Å². The van der Waals surface area contributed by atoms with Gasteiger partial charge in [0.1, 0.15) is 17.9 Å². The number of carbonyl (C=O) groups excluding carboxylic acids is 1. The number of hydrogen-bond donors (Lipinski definition) is 0. The Morgan fingerprint density at radius 1 is 1.17 bits per heavy atom. The molecule has 4 nitrogen and oxygen atoms in total. The zero-order valence-electron chi connectivity index (χ0n) is 12.7. The van der Waals surface area contributed by atoms with Crippen LogP contribution in [0.15, 0.2) is 59.0 Å². The minimum atomic E-state index is -0.166. The first-order chi connectivity index (χ1) is 11.1. The van der Waals surface area contributed by atoms with Gasteiger partial charge in [0.05, 0.1) is 6.54 Å². The number of amides is 1. The minimum Gasteiger partial charge on any atom is -0.492 e. The van der Waals surface area contributed by atoms with Crippen molar-refractivity contribution in [3.63, 3.8) is 0 Å². The number of para-hydroxylation sites is 1. The van der Waals surface area contributed by atoms with E-state index in [9.17, 15) is 4.79 Å². The van der Waals surface area contributed by atoms with Crippen molar-refractivity contribution in [2.45, 2.75) is 0 Å². The van der Waals surface area contributed by atoms with Crippen LogP contribution in [0.1, 0.15) is 10.6 Å². The second kappa shape index (κ2) is 6.75. The fraction of sp³-hybridized carbons (Fsp3) is 0.167. The molecule has 0 N–H and O–H groups in total. The lowest BCUT2D eigenvalue weighted by Crippen LogP contribution is -2.30. The van der Waals surface area contributed by atoms with Gasteiger partial charge in [-0.25, -0.2) is 0 Å². The first-order valence-electron chi connectivity index (χ1n) is 7.26. The lowest BCUT2D eigenvalue weighted by molar-refractivity contribution is 0.0745. The van der Waals surface area contributed by atoms with E-state index in [0.29, 0.717) is 29.5 Å². The Morgan fingerprint density at radius 2 is 1.91 bits per heavy atom. The molecule has 0 aliphatic carbocycles. The van der Waals surface area contributed by atoms with Crippen LogP contribution in [0.25, 0.3) is 11.0 Å². The van der Waals surface area contributed by atoms with E-state index < -0.39 is 0 Å². The number of furan rings is 1. The number of rotatable bonds is 5. The number of ether oxygens (including phenoxy) is 1. The number of benzene rings is 2. The third kappa shape index (κ3) is 3.66. The van der Waals surface area contributed by atoms with E-state index in [1.54, 1.807) is 42.3 Å². The maximum absolute atomic E-state index is 12.4. The molecule has 5 heteroatoms. The molecule has 23 heavy (non-hydrogen) atoms. The van der Waals surface area contributed by atoms with Gasteiger partial charge in [-0.1, -0.05) is 29.8 Å². The van der Waals surface area contributed by atoms with Crippen LogP contribution >= 0.6 is 11.6 Å². The van der Waals surface area contributed by atoms with Crippen LogP contribution in [-0.2, 0) is 0 Å². The van der Waals surface area contributed by atoms with Gasteiger partial charge in [-0.15, -0.1) is 0 Å². The monoisotopic (exact) mass is 329 g/mol. The van der Waals surface area contributed by atoms with Gasteiger partial charge in [-0.2, -0.15) is 0 Å². The zero-order chi connectivity index (χ0) is 16.2. The maximum atomic E-state index is 12.4. The molecule has 0 unspecified atom stereocenters. The van der Waals surface area contributed by atoms with E-state index in [-0.39, 0.29) is 5.91 Å². The van der Waals surface area contributed by atoms with Gasteiger partial charge in [-0.05, 0) is 36.4 Å². The fourth-order valence-electron chi connectivity index (χ4n) is 2.21. The second-order valence-electron chi connectivity index (χ2n) is 5.18. The maximum Gasteiger partial charge on any atom is 0.289 e. The molecule has 1 heterocycles. The minimum absolute atomic E-state index is 0.166. The fourth-order valence-corrected chi connectivity index (χ4v) is 2.33. The molecule has 0 saturated carbocycles. The summed E-state index contributed by atoms with van der Waals surface area (Å²) >= 11 is 5.82. The van der Waals surface area contributed by atoms with E-state index in [2.05, 4.69) is 0 Å². The van der Waals surface area contributed by atoms with Crippen LogP contribution in [0.2, 0.25) is 5.02 Å². The summed E-state index contributed by atoms with van der Waals surface area (Å²) < 4.78 is 11.2. The summed E-state index contributed by atoms with van der Waals surface area (Å²) in [6, 6.07) is 16.4. The van der Waals surface area contributed by atoms with Crippen molar-refractivity contribution >= 4 is 28.5 Å². The molecular weight excluding hydrogens is 314 g/mol. The third-order valence-electron chi connectivity index (χ3n) is 3.49. The van der Waals surface area contributed by atoms with Crippen molar-refractivity contribution < 1.29 is 13.9 Å². The number of fused-ring (bicyclic) bond motifs is 1. The van der Waals surface area contributed by atoms with Crippen molar-refractivity contribution in [2.24, 2.45) is 0 Å². The Bertz CT molecular complexity index is 778. The van der Waals surface area contributed by atoms with Crippen LogP contribution < -0.4 is 4.74 Å². The van der Waals surface area contributed by atoms with E-state index in [4.69, 9.17) is 20.8 Å². The molecule has 0 atom stereocenters. The van der Waals surface area contributed by atoms with Gasteiger partial charge in [0.25, 0.3) is 5.91 Å². The van der Waals surface area contributed by atoms with Crippen LogP contribution in [0.4, 0.5) is 0 Å². The highest BCUT2D eigenvalue weighted by Gasteiger charge is 2.16. The zero-order valence-corrected chi connectivity index (χ0v) is 13.4. The summed E-state index contributed by atoms with van der Waals surface area (Å²) in [5.74, 6) is 0.889. The molecule has 3 aromatic rings. The third-order valence-corrected chi connectivity index (χ3v) is 3.74. The lowest BCUT2D eigenvalue weighted by atomic mass is 10.2. The quantitative estimate of drug-likeness (QED) is 0.703. The summed E-state index contributed by atoms with van der Waals surface area (Å²) in [7, 11) is 1.72. The molecule has 0 fully saturated rings. The summed E-state index contributed by atoms with van der Waals surface area (Å²) in [6.45, 7) is 0.850. The summed E-state index contributed by atoms with van der Waals surface area (Å²) in [5, 5.41) is 1.58. The first-order valence-corrected chi connectivity index (χ1v) is 7.64. The predicted octanol–water partition coefficient (Wildman–Crippen LogP) is 4.24. The molecule has 0 bridgehead atoms. The first kappa shape index (κ1) is 15.4. The van der Waals surface area contributed by atoms with Crippen LogP contribution in [0.5, 0.6) is 5.75 Å². The Morgan fingerprint density at radius 3 is 2.65 bits per heavy atom. The summed E-state index contributed by atoms with van der Waals surface area (Å²) in [5.41, 5.74) is 0.710. The topological polar surface area (TPSA) is 42.7 Å². The number of halogens is 1. The molecule has 2 aromatic carbocycles.